The molecule has 0 bridgehead atoms. The van der Waals surface area contributed by atoms with E-state index >= 15 is 0 Å². The summed E-state index contributed by atoms with van der Waals surface area (Å²) in [6.07, 6.45) is -6.47. The van der Waals surface area contributed by atoms with Crippen molar-refractivity contribution in [2.24, 2.45) is 0 Å². The van der Waals surface area contributed by atoms with Crippen LogP contribution < -0.4 is 4.18 Å². The van der Waals surface area contributed by atoms with Gasteiger partial charge in [-0.2, -0.15) is 47.9 Å². The lowest BCUT2D eigenvalue weighted by Gasteiger charge is -2.32. The second-order valence-electron chi connectivity index (χ2n) is 5.84. The molecule has 0 saturated heterocycles. The average Bonchev–Trinajstić information content (AvgIpc) is 2.58. The normalized spacial score (nSPS) is 14.6. The van der Waals surface area contributed by atoms with Crippen molar-refractivity contribution in [1.29, 1.82) is 0 Å². The number of hydrogen-bond acceptors (Lipinski definition) is 5. The number of unbranched alkanes of at least 4 members (excludes halogenated alkanes) is 1. The summed E-state index contributed by atoms with van der Waals surface area (Å²) in [5, 5.41) is -7.01. The van der Waals surface area contributed by atoms with E-state index in [4.69, 9.17) is 0 Å². The number of rotatable bonds is 9. The molecule has 0 aliphatic rings. The third-order valence-corrected chi connectivity index (χ3v) is 6.70. The zero-order valence-electron chi connectivity index (χ0n) is 14.7. The lowest BCUT2D eigenvalue weighted by Crippen LogP contribution is -2.63. The van der Waals surface area contributed by atoms with Gasteiger partial charge in [0, 0.05) is 0 Å². The first kappa shape index (κ1) is 26.3. The van der Waals surface area contributed by atoms with Crippen LogP contribution in [0.5, 0.6) is 5.75 Å². The fraction of sp³-hybridized carbons (Fsp3) is 0.571. The van der Waals surface area contributed by atoms with E-state index < -0.39 is 53.9 Å². The molecule has 30 heavy (non-hydrogen) atoms. The summed E-state index contributed by atoms with van der Waals surface area (Å²) in [6, 6.07) is 2.14. The first-order valence-corrected chi connectivity index (χ1v) is 10.8. The van der Waals surface area contributed by atoms with Crippen molar-refractivity contribution >= 4 is 20.0 Å². The zero-order chi connectivity index (χ0) is 23.8. The quantitative estimate of drug-likeness (QED) is 0.374. The summed E-state index contributed by atoms with van der Waals surface area (Å²) in [7, 11) is -11.0. The Labute approximate surface area is 164 Å². The van der Waals surface area contributed by atoms with Crippen molar-refractivity contribution in [3.8, 4) is 5.75 Å². The van der Waals surface area contributed by atoms with Gasteiger partial charge in [-0.15, -0.1) is 0 Å². The van der Waals surface area contributed by atoms with E-state index in [1.54, 1.807) is 6.92 Å². The van der Waals surface area contributed by atoms with Gasteiger partial charge in [0.2, 0.25) is 0 Å². The minimum absolute atomic E-state index is 0.240. The van der Waals surface area contributed by atoms with Crippen LogP contribution in [0.1, 0.15) is 19.8 Å². The van der Waals surface area contributed by atoms with E-state index in [9.17, 15) is 56.3 Å². The molecule has 0 amide bonds. The Bertz CT molecular complexity index is 953. The van der Waals surface area contributed by atoms with Gasteiger partial charge in [-0.25, -0.2) is 8.42 Å². The molecule has 0 aromatic heterocycles. The number of hydrogen-bond donors (Lipinski definition) is 0. The molecule has 0 heterocycles. The van der Waals surface area contributed by atoms with Crippen molar-refractivity contribution in [2.45, 2.75) is 47.9 Å². The first-order chi connectivity index (χ1) is 13.2. The molecular weight excluding hydrogens is 483 g/mol. The molecule has 0 fully saturated rings. The monoisotopic (exact) mass is 496 g/mol. The number of benzene rings is 1. The van der Waals surface area contributed by atoms with Crippen LogP contribution in [-0.4, -0.2) is 45.9 Å². The third-order valence-electron chi connectivity index (χ3n) is 3.59. The highest BCUT2D eigenvalue weighted by molar-refractivity contribution is 7.91. The van der Waals surface area contributed by atoms with Gasteiger partial charge in [-0.3, -0.25) is 0 Å². The van der Waals surface area contributed by atoms with Crippen molar-refractivity contribution in [3.63, 3.8) is 0 Å². The lowest BCUT2D eigenvalue weighted by atomic mass is 10.1. The number of alkyl halides is 9. The summed E-state index contributed by atoms with van der Waals surface area (Å²) in [6.45, 7) is 1.68. The second-order valence-corrected chi connectivity index (χ2v) is 9.54. The maximum Gasteiger partial charge on any atom is 0.460 e. The molecule has 0 N–H and O–H groups in total. The Morgan fingerprint density at radius 3 is 1.67 bits per heavy atom. The molecule has 1 rings (SSSR count). The Morgan fingerprint density at radius 2 is 1.27 bits per heavy atom. The van der Waals surface area contributed by atoms with Crippen LogP contribution in [0.2, 0.25) is 0 Å². The maximum atomic E-state index is 13.6. The lowest BCUT2D eigenvalue weighted by molar-refractivity contribution is -0.382. The predicted octanol–water partition coefficient (Wildman–Crippen LogP) is 4.39. The van der Waals surface area contributed by atoms with Crippen LogP contribution >= 0.6 is 0 Å². The fourth-order valence-corrected chi connectivity index (χ4v) is 4.22. The minimum Gasteiger partial charge on any atom is -0.378 e. The van der Waals surface area contributed by atoms with Crippen LogP contribution in [0.15, 0.2) is 29.2 Å². The average molecular weight is 496 g/mol. The highest BCUT2D eigenvalue weighted by atomic mass is 32.2. The minimum atomic E-state index is -7.43. The predicted molar refractivity (Wildman–Crippen MR) is 83.8 cm³/mol. The standard InChI is InChI=1S/C14H13F9O5S2/c1-2-3-8-29(24,25)10-6-4-9(5-7-10)28-30(26,27)14(22,23)12(17,18)11(15,16)13(19,20)21/h4-7H,2-3,8H2,1H3. The van der Waals surface area contributed by atoms with Gasteiger partial charge < -0.3 is 4.18 Å². The molecule has 1 aromatic rings. The molecule has 0 unspecified atom stereocenters. The largest absolute Gasteiger partial charge is 0.460 e. The van der Waals surface area contributed by atoms with Crippen molar-refractivity contribution < 1.29 is 60.5 Å². The van der Waals surface area contributed by atoms with E-state index in [1.807, 2.05) is 0 Å². The smallest absolute Gasteiger partial charge is 0.378 e. The van der Waals surface area contributed by atoms with Gasteiger partial charge in [0.15, 0.2) is 9.84 Å². The summed E-state index contributed by atoms with van der Waals surface area (Å²) in [4.78, 5) is -0.429. The molecule has 0 radical (unpaired) electrons. The van der Waals surface area contributed by atoms with Crippen molar-refractivity contribution in [3.05, 3.63) is 24.3 Å². The van der Waals surface area contributed by atoms with E-state index in [-0.39, 0.29) is 12.2 Å². The molecule has 0 aliphatic carbocycles. The maximum absolute atomic E-state index is 13.6. The molecule has 0 aliphatic heterocycles. The number of sulfone groups is 1. The van der Waals surface area contributed by atoms with Crippen LogP contribution in [-0.2, 0) is 20.0 Å². The molecule has 0 atom stereocenters. The van der Waals surface area contributed by atoms with Gasteiger partial charge in [-0.1, -0.05) is 13.3 Å². The van der Waals surface area contributed by atoms with Gasteiger partial charge >= 0.3 is 33.4 Å². The van der Waals surface area contributed by atoms with Gasteiger partial charge in [-0.05, 0) is 30.7 Å². The van der Waals surface area contributed by atoms with E-state index in [0.717, 1.165) is 0 Å². The third kappa shape index (κ3) is 4.63. The van der Waals surface area contributed by atoms with Crippen LogP contribution in [0.3, 0.4) is 0 Å². The topological polar surface area (TPSA) is 77.5 Å². The Kier molecular flexibility index (Phi) is 7.10. The van der Waals surface area contributed by atoms with Gasteiger partial charge in [0.25, 0.3) is 0 Å². The Balaban J connectivity index is 3.24. The Hall–Kier alpha value is -1.71. The summed E-state index contributed by atoms with van der Waals surface area (Å²) in [5.41, 5.74) is 0. The highest BCUT2D eigenvalue weighted by Crippen LogP contribution is 2.54. The second kappa shape index (κ2) is 8.09. The van der Waals surface area contributed by atoms with E-state index in [0.29, 0.717) is 30.7 Å². The summed E-state index contributed by atoms with van der Waals surface area (Å²) in [5.74, 6) is -16.4. The molecule has 5 nitrogen and oxygen atoms in total. The molecule has 174 valence electrons. The van der Waals surface area contributed by atoms with Crippen molar-refractivity contribution in [1.82, 2.24) is 0 Å². The van der Waals surface area contributed by atoms with Crippen LogP contribution in [0, 0.1) is 0 Å². The molecule has 1 aromatic carbocycles. The highest BCUT2D eigenvalue weighted by Gasteiger charge is 2.86. The fourth-order valence-electron chi connectivity index (χ4n) is 1.85. The summed E-state index contributed by atoms with van der Waals surface area (Å²) < 4.78 is 166. The molecule has 0 saturated carbocycles. The molecule has 16 heteroatoms. The van der Waals surface area contributed by atoms with Crippen LogP contribution in [0.4, 0.5) is 39.5 Å². The van der Waals surface area contributed by atoms with Crippen molar-refractivity contribution in [2.75, 3.05) is 5.75 Å². The van der Waals surface area contributed by atoms with Crippen LogP contribution in [0.25, 0.3) is 0 Å². The number of halogens is 9. The molecular formula is C14H13F9O5S2. The zero-order valence-corrected chi connectivity index (χ0v) is 16.3. The SMILES string of the molecule is CCCCS(=O)(=O)c1ccc(OS(=O)(=O)C(F)(F)C(F)(F)C(F)(F)C(F)(F)F)cc1. The van der Waals surface area contributed by atoms with E-state index in [1.165, 1.54) is 0 Å². The summed E-state index contributed by atoms with van der Waals surface area (Å²) >= 11 is 0. The first-order valence-electron chi connectivity index (χ1n) is 7.71. The Morgan fingerprint density at radius 1 is 0.800 bits per heavy atom. The molecule has 0 spiro atoms. The van der Waals surface area contributed by atoms with Gasteiger partial charge in [0.1, 0.15) is 5.75 Å². The van der Waals surface area contributed by atoms with Gasteiger partial charge in [0.05, 0.1) is 10.6 Å². The van der Waals surface area contributed by atoms with E-state index in [2.05, 4.69) is 4.18 Å².